The summed E-state index contributed by atoms with van der Waals surface area (Å²) in [6.07, 6.45) is 1.99. The predicted octanol–water partition coefficient (Wildman–Crippen LogP) is 4.74. The Balaban J connectivity index is 1.75. The van der Waals surface area contributed by atoms with Crippen LogP contribution >= 0.6 is 0 Å². The molecule has 2 aromatic heterocycles. The summed E-state index contributed by atoms with van der Waals surface area (Å²) in [7, 11) is 1.99. The number of carbonyl (C=O) groups is 1. The van der Waals surface area contributed by atoms with Gasteiger partial charge in [-0.25, -0.2) is 4.68 Å². The highest BCUT2D eigenvalue weighted by Gasteiger charge is 2.19. The largest absolute Gasteiger partial charge is 0.350 e. The third-order valence-electron chi connectivity index (χ3n) is 4.73. The molecule has 0 fully saturated rings. The number of aromatic nitrogens is 3. The van der Waals surface area contributed by atoms with Crippen molar-refractivity contribution in [2.24, 2.45) is 7.05 Å². The molecular weight excluding hydrogens is 336 g/mol. The highest BCUT2D eigenvalue weighted by molar-refractivity contribution is 6.08. The summed E-state index contributed by atoms with van der Waals surface area (Å²) in [5, 5.41) is 8.74. The van der Waals surface area contributed by atoms with Crippen molar-refractivity contribution in [1.29, 1.82) is 0 Å². The number of hydrogen-bond donors (Lipinski definition) is 1. The minimum Gasteiger partial charge on any atom is -0.350 e. The highest BCUT2D eigenvalue weighted by Crippen LogP contribution is 2.25. The van der Waals surface area contributed by atoms with Crippen molar-refractivity contribution in [2.75, 3.05) is 5.32 Å². The molecule has 4 rings (SSSR count). The van der Waals surface area contributed by atoms with Crippen molar-refractivity contribution in [1.82, 2.24) is 14.3 Å². The monoisotopic (exact) mass is 358 g/mol. The SMILES string of the molecule is CC(C)c1cc(C(=O)Nc2cccc3c2ccn3C)n(-c2ccccc2)n1. The Morgan fingerprint density at radius 3 is 2.56 bits per heavy atom. The Bertz CT molecular complexity index is 1110. The number of benzene rings is 2. The van der Waals surface area contributed by atoms with Gasteiger partial charge in [0.1, 0.15) is 5.69 Å². The van der Waals surface area contributed by atoms with Crippen LogP contribution in [0.25, 0.3) is 16.6 Å². The van der Waals surface area contributed by atoms with E-state index in [1.54, 1.807) is 4.68 Å². The van der Waals surface area contributed by atoms with Crippen LogP contribution in [-0.2, 0) is 7.05 Å². The van der Waals surface area contributed by atoms with Gasteiger partial charge < -0.3 is 9.88 Å². The molecule has 0 atom stereocenters. The van der Waals surface area contributed by atoms with E-state index in [1.807, 2.05) is 78.5 Å². The second-order valence-corrected chi connectivity index (χ2v) is 6.98. The van der Waals surface area contributed by atoms with E-state index in [0.717, 1.165) is 28.0 Å². The van der Waals surface area contributed by atoms with E-state index < -0.39 is 0 Å². The predicted molar refractivity (Wildman–Crippen MR) is 109 cm³/mol. The van der Waals surface area contributed by atoms with Gasteiger partial charge >= 0.3 is 0 Å². The topological polar surface area (TPSA) is 51.9 Å². The van der Waals surface area contributed by atoms with Crippen LogP contribution in [-0.4, -0.2) is 20.3 Å². The van der Waals surface area contributed by atoms with Gasteiger partial charge in [-0.3, -0.25) is 4.79 Å². The minimum atomic E-state index is -0.172. The minimum absolute atomic E-state index is 0.172. The van der Waals surface area contributed by atoms with Crippen LogP contribution in [0.2, 0.25) is 0 Å². The molecule has 2 heterocycles. The molecule has 2 aromatic carbocycles. The first-order valence-electron chi connectivity index (χ1n) is 9.05. The molecule has 0 aliphatic rings. The number of nitrogens with zero attached hydrogens (tertiary/aromatic N) is 3. The summed E-state index contributed by atoms with van der Waals surface area (Å²) in [5.41, 5.74) is 4.16. The molecule has 4 aromatic rings. The number of anilines is 1. The second kappa shape index (κ2) is 6.76. The molecule has 0 radical (unpaired) electrons. The molecule has 0 saturated carbocycles. The van der Waals surface area contributed by atoms with Gasteiger partial charge in [-0.1, -0.05) is 38.1 Å². The molecule has 136 valence electrons. The van der Waals surface area contributed by atoms with Crippen LogP contribution in [0.15, 0.2) is 66.9 Å². The zero-order valence-electron chi connectivity index (χ0n) is 15.7. The summed E-state index contributed by atoms with van der Waals surface area (Å²) in [5.74, 6) is 0.0636. The van der Waals surface area contributed by atoms with Crippen molar-refractivity contribution < 1.29 is 4.79 Å². The number of rotatable bonds is 4. The normalized spacial score (nSPS) is 11.3. The molecule has 27 heavy (non-hydrogen) atoms. The van der Waals surface area contributed by atoms with Crippen molar-refractivity contribution in [3.8, 4) is 5.69 Å². The standard InChI is InChI=1S/C22H22N4O/c1-15(2)19-14-21(26(24-19)16-8-5-4-6-9-16)22(27)23-18-10-7-11-20-17(18)12-13-25(20)3/h4-15H,1-3H3,(H,23,27). The molecule has 5 nitrogen and oxygen atoms in total. The van der Waals surface area contributed by atoms with Crippen LogP contribution in [0, 0.1) is 0 Å². The number of nitrogens with one attached hydrogen (secondary N) is 1. The number of fused-ring (bicyclic) bond motifs is 1. The maximum absolute atomic E-state index is 13.1. The van der Waals surface area contributed by atoms with Crippen LogP contribution in [0.5, 0.6) is 0 Å². The fourth-order valence-corrected chi connectivity index (χ4v) is 3.21. The summed E-state index contributed by atoms with van der Waals surface area (Å²) in [6.45, 7) is 4.15. The Morgan fingerprint density at radius 1 is 1.04 bits per heavy atom. The van der Waals surface area contributed by atoms with Gasteiger partial charge in [0, 0.05) is 24.1 Å². The maximum atomic E-state index is 13.1. The van der Waals surface area contributed by atoms with Gasteiger partial charge in [0.2, 0.25) is 0 Å². The number of aryl methyl sites for hydroxylation is 1. The zero-order chi connectivity index (χ0) is 19.0. The molecule has 5 heteroatoms. The van der Waals surface area contributed by atoms with Gasteiger partial charge in [-0.15, -0.1) is 0 Å². The Labute approximate surface area is 158 Å². The molecule has 0 spiro atoms. The number of carbonyl (C=O) groups excluding carboxylic acids is 1. The summed E-state index contributed by atoms with van der Waals surface area (Å²) in [6, 6.07) is 19.5. The van der Waals surface area contributed by atoms with Crippen LogP contribution < -0.4 is 5.32 Å². The molecule has 0 aliphatic carbocycles. The number of para-hydroxylation sites is 1. The first-order valence-corrected chi connectivity index (χ1v) is 9.05. The fourth-order valence-electron chi connectivity index (χ4n) is 3.21. The fraction of sp³-hybridized carbons (Fsp3) is 0.182. The third-order valence-corrected chi connectivity index (χ3v) is 4.73. The Morgan fingerprint density at radius 2 is 1.81 bits per heavy atom. The van der Waals surface area contributed by atoms with E-state index in [0.29, 0.717) is 5.69 Å². The lowest BCUT2D eigenvalue weighted by molar-refractivity contribution is 0.102. The molecule has 0 bridgehead atoms. The van der Waals surface area contributed by atoms with Crippen LogP contribution in [0.4, 0.5) is 5.69 Å². The summed E-state index contributed by atoms with van der Waals surface area (Å²) in [4.78, 5) is 13.1. The summed E-state index contributed by atoms with van der Waals surface area (Å²) >= 11 is 0. The lowest BCUT2D eigenvalue weighted by Gasteiger charge is -2.09. The van der Waals surface area contributed by atoms with Gasteiger partial charge in [-0.2, -0.15) is 5.10 Å². The first kappa shape index (κ1) is 17.1. The highest BCUT2D eigenvalue weighted by atomic mass is 16.2. The number of hydrogen-bond acceptors (Lipinski definition) is 2. The molecular formula is C22H22N4O. The van der Waals surface area contributed by atoms with Crippen molar-refractivity contribution in [3.05, 3.63) is 78.2 Å². The molecule has 0 aliphatic heterocycles. The van der Waals surface area contributed by atoms with Crippen molar-refractivity contribution >= 4 is 22.5 Å². The quantitative estimate of drug-likeness (QED) is 0.573. The van der Waals surface area contributed by atoms with Gasteiger partial charge in [0.05, 0.1) is 17.1 Å². The van der Waals surface area contributed by atoms with E-state index in [-0.39, 0.29) is 11.8 Å². The van der Waals surface area contributed by atoms with E-state index >= 15 is 0 Å². The third kappa shape index (κ3) is 3.12. The van der Waals surface area contributed by atoms with E-state index in [4.69, 9.17) is 0 Å². The zero-order valence-corrected chi connectivity index (χ0v) is 15.7. The van der Waals surface area contributed by atoms with Crippen LogP contribution in [0.1, 0.15) is 35.9 Å². The molecule has 0 saturated heterocycles. The van der Waals surface area contributed by atoms with Gasteiger partial charge in [-0.05, 0) is 42.3 Å². The lowest BCUT2D eigenvalue weighted by Crippen LogP contribution is -2.17. The van der Waals surface area contributed by atoms with E-state index in [9.17, 15) is 4.79 Å². The molecule has 1 amide bonds. The van der Waals surface area contributed by atoms with Crippen molar-refractivity contribution in [3.63, 3.8) is 0 Å². The Hall–Kier alpha value is -3.34. The molecule has 1 N–H and O–H groups in total. The lowest BCUT2D eigenvalue weighted by atomic mass is 10.1. The van der Waals surface area contributed by atoms with Crippen molar-refractivity contribution in [2.45, 2.75) is 19.8 Å². The first-order chi connectivity index (χ1) is 13.0. The second-order valence-electron chi connectivity index (χ2n) is 6.98. The maximum Gasteiger partial charge on any atom is 0.274 e. The average Bonchev–Trinajstić information content (AvgIpc) is 3.28. The summed E-state index contributed by atoms with van der Waals surface area (Å²) < 4.78 is 3.76. The van der Waals surface area contributed by atoms with E-state index in [1.165, 1.54) is 0 Å². The Kier molecular flexibility index (Phi) is 4.28. The molecule has 0 unspecified atom stereocenters. The van der Waals surface area contributed by atoms with Crippen LogP contribution in [0.3, 0.4) is 0 Å². The average molecular weight is 358 g/mol. The number of amides is 1. The van der Waals surface area contributed by atoms with Gasteiger partial charge in [0.25, 0.3) is 5.91 Å². The smallest absolute Gasteiger partial charge is 0.274 e. The van der Waals surface area contributed by atoms with Gasteiger partial charge in [0.15, 0.2) is 0 Å². The van der Waals surface area contributed by atoms with E-state index in [2.05, 4.69) is 24.3 Å².